The Morgan fingerprint density at radius 2 is 2.38 bits per heavy atom. The molecule has 0 spiro atoms. The van der Waals surface area contributed by atoms with Crippen LogP contribution in [0.4, 0.5) is 0 Å². The highest BCUT2D eigenvalue weighted by Gasteiger charge is 2.20. The van der Waals surface area contributed by atoms with Crippen molar-refractivity contribution in [2.45, 2.75) is 6.10 Å². The minimum Gasteiger partial charge on any atom is -0.504 e. The number of hydrogen-bond acceptors (Lipinski definition) is 4. The Hall–Kier alpha value is -1.81. The van der Waals surface area contributed by atoms with Crippen LogP contribution in [-0.4, -0.2) is 25.1 Å². The first-order valence-corrected chi connectivity index (χ1v) is 4.90. The molecular weight excluding hydrogens is 208 g/mol. The largest absolute Gasteiger partial charge is 0.504 e. The summed E-state index contributed by atoms with van der Waals surface area (Å²) in [6.07, 6.45) is 4.10. The van der Waals surface area contributed by atoms with Gasteiger partial charge in [-0.1, -0.05) is 12.2 Å². The number of carbonyl (C=O) groups excluding carboxylic acids is 1. The predicted molar refractivity (Wildman–Crippen MR) is 57.9 cm³/mol. The van der Waals surface area contributed by atoms with E-state index < -0.39 is 0 Å². The van der Waals surface area contributed by atoms with Crippen molar-refractivity contribution in [2.24, 2.45) is 0 Å². The number of ether oxygens (including phenoxy) is 2. The van der Waals surface area contributed by atoms with Crippen LogP contribution in [0.2, 0.25) is 0 Å². The quantitative estimate of drug-likeness (QED) is 0.623. The van der Waals surface area contributed by atoms with Gasteiger partial charge in [-0.2, -0.15) is 0 Å². The second kappa shape index (κ2) is 4.37. The summed E-state index contributed by atoms with van der Waals surface area (Å²) in [5.41, 5.74) is 1.00. The number of methoxy groups -OCH3 is 1. The average molecular weight is 220 g/mol. The van der Waals surface area contributed by atoms with E-state index in [1.54, 1.807) is 6.07 Å². The molecule has 1 unspecified atom stereocenters. The lowest BCUT2D eigenvalue weighted by molar-refractivity contribution is 0.112. The fourth-order valence-electron chi connectivity index (χ4n) is 1.68. The number of aromatic hydroxyl groups is 1. The van der Waals surface area contributed by atoms with Crippen molar-refractivity contribution < 1.29 is 19.4 Å². The molecule has 4 heteroatoms. The Balaban J connectivity index is 2.49. The van der Waals surface area contributed by atoms with Gasteiger partial charge in [0.2, 0.25) is 0 Å². The van der Waals surface area contributed by atoms with Gasteiger partial charge in [0.15, 0.2) is 11.5 Å². The van der Waals surface area contributed by atoms with Gasteiger partial charge < -0.3 is 14.6 Å². The first kappa shape index (κ1) is 10.7. The third-order valence-electron chi connectivity index (χ3n) is 2.47. The van der Waals surface area contributed by atoms with E-state index in [4.69, 9.17) is 9.47 Å². The smallest absolute Gasteiger partial charge is 0.163 e. The third-order valence-corrected chi connectivity index (χ3v) is 2.47. The SMILES string of the molecule is COc1cc(C=O)cc(C2C=CCO2)c1O. The van der Waals surface area contributed by atoms with E-state index in [9.17, 15) is 9.90 Å². The molecule has 4 nitrogen and oxygen atoms in total. The third kappa shape index (κ3) is 1.79. The van der Waals surface area contributed by atoms with Gasteiger partial charge in [0.1, 0.15) is 12.4 Å². The molecule has 1 aromatic carbocycles. The number of phenols is 1. The van der Waals surface area contributed by atoms with Gasteiger partial charge in [0.25, 0.3) is 0 Å². The maximum Gasteiger partial charge on any atom is 0.163 e. The van der Waals surface area contributed by atoms with Crippen LogP contribution in [0, 0.1) is 0 Å². The van der Waals surface area contributed by atoms with E-state index in [1.807, 2.05) is 12.2 Å². The van der Waals surface area contributed by atoms with Gasteiger partial charge in [-0.25, -0.2) is 0 Å². The Morgan fingerprint density at radius 3 is 2.94 bits per heavy atom. The molecule has 0 aliphatic carbocycles. The molecule has 0 radical (unpaired) electrons. The number of aldehydes is 1. The Bertz CT molecular complexity index is 437. The molecule has 1 aliphatic rings. The van der Waals surface area contributed by atoms with Crippen molar-refractivity contribution in [1.82, 2.24) is 0 Å². The van der Waals surface area contributed by atoms with Crippen LogP contribution in [0.1, 0.15) is 22.0 Å². The summed E-state index contributed by atoms with van der Waals surface area (Å²) >= 11 is 0. The Labute approximate surface area is 93.1 Å². The highest BCUT2D eigenvalue weighted by Crippen LogP contribution is 2.37. The number of benzene rings is 1. The Morgan fingerprint density at radius 1 is 1.56 bits per heavy atom. The molecule has 0 saturated carbocycles. The van der Waals surface area contributed by atoms with E-state index in [1.165, 1.54) is 13.2 Å². The maximum absolute atomic E-state index is 10.8. The molecule has 84 valence electrons. The zero-order valence-electron chi connectivity index (χ0n) is 8.84. The first-order valence-electron chi connectivity index (χ1n) is 4.90. The van der Waals surface area contributed by atoms with E-state index in [2.05, 4.69) is 0 Å². The summed E-state index contributed by atoms with van der Waals surface area (Å²) in [5.74, 6) is 0.299. The van der Waals surface area contributed by atoms with Crippen LogP contribution < -0.4 is 4.74 Å². The van der Waals surface area contributed by atoms with E-state index >= 15 is 0 Å². The maximum atomic E-state index is 10.8. The van der Waals surface area contributed by atoms with Crippen LogP contribution in [0.25, 0.3) is 0 Å². The summed E-state index contributed by atoms with van der Waals surface area (Å²) in [6, 6.07) is 3.09. The molecular formula is C12H12O4. The van der Waals surface area contributed by atoms with Gasteiger partial charge >= 0.3 is 0 Å². The number of rotatable bonds is 3. The summed E-state index contributed by atoms with van der Waals surface area (Å²) in [6.45, 7) is 0.512. The highest BCUT2D eigenvalue weighted by atomic mass is 16.5. The van der Waals surface area contributed by atoms with Crippen molar-refractivity contribution in [1.29, 1.82) is 0 Å². The van der Waals surface area contributed by atoms with Crippen molar-refractivity contribution >= 4 is 6.29 Å². The van der Waals surface area contributed by atoms with Crippen molar-refractivity contribution in [3.05, 3.63) is 35.4 Å². The van der Waals surface area contributed by atoms with Gasteiger partial charge in [-0.05, 0) is 12.1 Å². The monoisotopic (exact) mass is 220 g/mol. The zero-order valence-corrected chi connectivity index (χ0v) is 8.84. The lowest BCUT2D eigenvalue weighted by Gasteiger charge is -2.14. The van der Waals surface area contributed by atoms with Crippen LogP contribution in [-0.2, 0) is 4.74 Å². The van der Waals surface area contributed by atoms with E-state index in [-0.39, 0.29) is 17.6 Å². The molecule has 1 N–H and O–H groups in total. The highest BCUT2D eigenvalue weighted by molar-refractivity contribution is 5.77. The molecule has 0 bridgehead atoms. The second-order valence-electron chi connectivity index (χ2n) is 3.46. The minimum absolute atomic E-state index is 0.0182. The molecule has 0 amide bonds. The molecule has 2 rings (SSSR count). The molecule has 16 heavy (non-hydrogen) atoms. The van der Waals surface area contributed by atoms with Gasteiger partial charge in [0, 0.05) is 11.1 Å². The van der Waals surface area contributed by atoms with Crippen LogP contribution in [0.15, 0.2) is 24.3 Å². The van der Waals surface area contributed by atoms with Gasteiger partial charge in [0.05, 0.1) is 13.7 Å². The fourth-order valence-corrected chi connectivity index (χ4v) is 1.68. The molecule has 0 saturated heterocycles. The molecule has 0 fully saturated rings. The second-order valence-corrected chi connectivity index (χ2v) is 3.46. The van der Waals surface area contributed by atoms with Gasteiger partial charge in [-0.3, -0.25) is 4.79 Å². The Kier molecular flexibility index (Phi) is 2.92. The van der Waals surface area contributed by atoms with Crippen molar-refractivity contribution in [3.63, 3.8) is 0 Å². The topological polar surface area (TPSA) is 55.8 Å². The first-order chi connectivity index (χ1) is 7.76. The summed E-state index contributed by atoms with van der Waals surface area (Å²) < 4.78 is 10.4. The number of phenolic OH excluding ortho intramolecular Hbond substituents is 1. The molecule has 0 aromatic heterocycles. The molecule has 1 atom stereocenters. The summed E-state index contributed by atoms with van der Waals surface area (Å²) in [7, 11) is 1.44. The summed E-state index contributed by atoms with van der Waals surface area (Å²) in [5, 5.41) is 9.91. The van der Waals surface area contributed by atoms with Crippen LogP contribution >= 0.6 is 0 Å². The fraction of sp³-hybridized carbons (Fsp3) is 0.250. The normalized spacial score (nSPS) is 18.7. The number of carbonyl (C=O) groups is 1. The molecule has 1 aromatic rings. The standard InChI is InChI=1S/C12H12O4/c1-15-11-6-8(7-13)5-9(12(11)14)10-3-2-4-16-10/h2-3,5-7,10,14H,4H2,1H3. The molecule has 1 aliphatic heterocycles. The van der Waals surface area contributed by atoms with Crippen LogP contribution in [0.3, 0.4) is 0 Å². The lowest BCUT2D eigenvalue weighted by atomic mass is 10.0. The van der Waals surface area contributed by atoms with Crippen molar-refractivity contribution in [2.75, 3.05) is 13.7 Å². The average Bonchev–Trinajstić information content (AvgIpc) is 2.83. The molecule has 1 heterocycles. The minimum atomic E-state index is -0.311. The van der Waals surface area contributed by atoms with Crippen molar-refractivity contribution in [3.8, 4) is 11.5 Å². The van der Waals surface area contributed by atoms with Gasteiger partial charge in [-0.15, -0.1) is 0 Å². The van der Waals surface area contributed by atoms with E-state index in [0.29, 0.717) is 24.0 Å². The predicted octanol–water partition coefficient (Wildman–Crippen LogP) is 1.84. The lowest BCUT2D eigenvalue weighted by Crippen LogP contribution is -1.99. The zero-order chi connectivity index (χ0) is 11.5. The van der Waals surface area contributed by atoms with E-state index in [0.717, 1.165) is 0 Å². The summed E-state index contributed by atoms with van der Waals surface area (Å²) in [4.78, 5) is 10.8. The van der Waals surface area contributed by atoms with Crippen LogP contribution in [0.5, 0.6) is 11.5 Å². The number of hydrogen-bond donors (Lipinski definition) is 1.